The first kappa shape index (κ1) is 75.3. The first-order valence-corrected chi connectivity index (χ1v) is 33.7. The highest BCUT2D eigenvalue weighted by Gasteiger charge is 2.19. The highest BCUT2D eigenvalue weighted by molar-refractivity contribution is 5.71. The van der Waals surface area contributed by atoms with Crippen molar-refractivity contribution in [3.05, 3.63) is 97.2 Å². The number of carbonyl (C=O) groups excluding carboxylic acids is 3. The Morgan fingerprint density at radius 2 is 0.456 bits per heavy atom. The van der Waals surface area contributed by atoms with Gasteiger partial charge in [-0.2, -0.15) is 0 Å². The minimum absolute atomic E-state index is 0.0878. The number of hydrogen-bond acceptors (Lipinski definition) is 6. The van der Waals surface area contributed by atoms with Crippen LogP contribution in [0.1, 0.15) is 329 Å². The Hall–Kier alpha value is -3.67. The van der Waals surface area contributed by atoms with Crippen LogP contribution in [-0.4, -0.2) is 37.2 Å². The van der Waals surface area contributed by atoms with E-state index in [1.54, 1.807) is 0 Å². The molecule has 6 nitrogen and oxygen atoms in total. The molecule has 0 rings (SSSR count). The molecule has 1 atom stereocenters. The van der Waals surface area contributed by atoms with Gasteiger partial charge >= 0.3 is 17.9 Å². The fraction of sp³-hybridized carbons (Fsp3) is 0.740. The third-order valence-corrected chi connectivity index (χ3v) is 14.5. The summed E-state index contributed by atoms with van der Waals surface area (Å²) in [6.07, 6.45) is 89.8. The van der Waals surface area contributed by atoms with E-state index in [9.17, 15) is 14.4 Å². The summed E-state index contributed by atoms with van der Waals surface area (Å²) in [5.74, 6) is -0.903. The smallest absolute Gasteiger partial charge is 0.306 e. The van der Waals surface area contributed by atoms with Gasteiger partial charge in [-0.25, -0.2) is 0 Å². The molecule has 0 spiro atoms. The minimum atomic E-state index is -0.794. The highest BCUT2D eigenvalue weighted by Crippen LogP contribution is 2.16. The Morgan fingerprint density at radius 1 is 0.253 bits per heavy atom. The summed E-state index contributed by atoms with van der Waals surface area (Å²) in [5.41, 5.74) is 0. The monoisotopic (exact) mass is 1100 g/mol. The lowest BCUT2D eigenvalue weighted by Gasteiger charge is -2.18. The predicted molar refractivity (Wildman–Crippen MR) is 344 cm³/mol. The molecule has 0 bridgehead atoms. The van der Waals surface area contributed by atoms with Gasteiger partial charge in [0.2, 0.25) is 0 Å². The molecule has 0 aromatic heterocycles. The fourth-order valence-electron chi connectivity index (χ4n) is 9.43. The summed E-state index contributed by atoms with van der Waals surface area (Å²) >= 11 is 0. The molecule has 0 aliphatic carbocycles. The summed E-state index contributed by atoms with van der Waals surface area (Å²) in [7, 11) is 0. The Balaban J connectivity index is 4.42. The zero-order valence-electron chi connectivity index (χ0n) is 52.1. The van der Waals surface area contributed by atoms with Gasteiger partial charge in [-0.15, -0.1) is 0 Å². The second-order valence-corrected chi connectivity index (χ2v) is 22.4. The van der Waals surface area contributed by atoms with Gasteiger partial charge in [-0.1, -0.05) is 279 Å². The number of rotatable bonds is 61. The maximum Gasteiger partial charge on any atom is 0.306 e. The van der Waals surface area contributed by atoms with Gasteiger partial charge in [0.05, 0.1) is 0 Å². The van der Waals surface area contributed by atoms with Crippen LogP contribution in [0.5, 0.6) is 0 Å². The minimum Gasteiger partial charge on any atom is -0.462 e. The maximum atomic E-state index is 12.9. The van der Waals surface area contributed by atoms with Crippen LogP contribution in [0.15, 0.2) is 97.2 Å². The van der Waals surface area contributed by atoms with E-state index in [1.807, 2.05) is 0 Å². The molecule has 0 aromatic rings. The summed E-state index contributed by atoms with van der Waals surface area (Å²) < 4.78 is 17.0. The van der Waals surface area contributed by atoms with Crippen molar-refractivity contribution in [1.82, 2.24) is 0 Å². The summed E-state index contributed by atoms with van der Waals surface area (Å²) in [4.78, 5) is 38.4. The maximum absolute atomic E-state index is 12.9. The van der Waals surface area contributed by atoms with Crippen LogP contribution in [0.2, 0.25) is 0 Å². The molecule has 0 heterocycles. The first-order chi connectivity index (χ1) is 39.0. The number of allylic oxidation sites excluding steroid dienone is 16. The average molecular weight is 1100 g/mol. The van der Waals surface area contributed by atoms with Crippen LogP contribution < -0.4 is 0 Å². The normalized spacial score (nSPS) is 12.7. The number of carbonyl (C=O) groups is 3. The molecule has 1 unspecified atom stereocenters. The van der Waals surface area contributed by atoms with E-state index in [4.69, 9.17) is 14.2 Å². The molecule has 0 fully saturated rings. The lowest BCUT2D eigenvalue weighted by atomic mass is 10.0. The van der Waals surface area contributed by atoms with Gasteiger partial charge in [0.25, 0.3) is 0 Å². The van der Waals surface area contributed by atoms with E-state index in [0.29, 0.717) is 19.3 Å². The van der Waals surface area contributed by atoms with E-state index < -0.39 is 6.10 Å². The Bertz CT molecular complexity index is 1540. The van der Waals surface area contributed by atoms with Crippen molar-refractivity contribution in [2.24, 2.45) is 0 Å². The molecule has 0 radical (unpaired) electrons. The third-order valence-electron chi connectivity index (χ3n) is 14.5. The zero-order valence-corrected chi connectivity index (χ0v) is 52.1. The van der Waals surface area contributed by atoms with E-state index in [2.05, 4.69) is 118 Å². The van der Waals surface area contributed by atoms with Crippen LogP contribution in [-0.2, 0) is 28.6 Å². The van der Waals surface area contributed by atoms with Crippen LogP contribution in [0.4, 0.5) is 0 Å². The predicted octanol–water partition coefficient (Wildman–Crippen LogP) is 23.2. The number of esters is 3. The number of ether oxygens (including phenoxy) is 3. The van der Waals surface area contributed by atoms with Crippen molar-refractivity contribution in [3.8, 4) is 0 Å². The standard InChI is InChI=1S/C73H126O6/c1-4-7-10-13-16-19-22-25-28-31-34-35-36-37-40-42-45-48-51-54-57-60-63-66-72(75)78-69-70(79-73(76)67-64-61-58-55-52-49-46-43-39-33-30-27-24-21-18-15-12-9-6-3)68-77-71(74)65-62-59-56-53-50-47-44-41-38-32-29-26-23-20-17-14-11-8-5-2/h17-18,20-22,25-27,29-31,34,38-39,41,43,70H,4-16,19,23-24,28,32-33,35-37,40,42,44-69H2,1-3H3/b20-17-,21-18-,25-22-,29-26-,30-27-,34-31-,41-38-,43-39-. The van der Waals surface area contributed by atoms with Crippen molar-refractivity contribution in [2.45, 2.75) is 335 Å². The Morgan fingerprint density at radius 3 is 0.734 bits per heavy atom. The molecule has 6 heteroatoms. The van der Waals surface area contributed by atoms with E-state index in [1.165, 1.54) is 180 Å². The summed E-state index contributed by atoms with van der Waals surface area (Å²) in [5, 5.41) is 0. The zero-order chi connectivity index (χ0) is 57.1. The number of hydrogen-bond donors (Lipinski definition) is 0. The molecular formula is C73H126O6. The van der Waals surface area contributed by atoms with Gasteiger partial charge in [-0.3, -0.25) is 14.4 Å². The number of unbranched alkanes of at least 4 members (excludes halogenated alkanes) is 34. The van der Waals surface area contributed by atoms with Crippen molar-refractivity contribution in [1.29, 1.82) is 0 Å². The first-order valence-electron chi connectivity index (χ1n) is 33.7. The van der Waals surface area contributed by atoms with Gasteiger partial charge < -0.3 is 14.2 Å². The van der Waals surface area contributed by atoms with E-state index in [-0.39, 0.29) is 31.1 Å². The van der Waals surface area contributed by atoms with Crippen LogP contribution >= 0.6 is 0 Å². The van der Waals surface area contributed by atoms with Gasteiger partial charge in [0.15, 0.2) is 6.10 Å². The van der Waals surface area contributed by atoms with Gasteiger partial charge in [0, 0.05) is 19.3 Å². The fourth-order valence-corrected chi connectivity index (χ4v) is 9.43. The third kappa shape index (κ3) is 65.0. The molecule has 0 aromatic carbocycles. The molecule has 454 valence electrons. The summed E-state index contributed by atoms with van der Waals surface area (Å²) in [6.45, 7) is 6.59. The van der Waals surface area contributed by atoms with Crippen molar-refractivity contribution < 1.29 is 28.6 Å². The van der Waals surface area contributed by atoms with Crippen LogP contribution in [0.3, 0.4) is 0 Å². The molecule has 0 N–H and O–H groups in total. The van der Waals surface area contributed by atoms with Crippen molar-refractivity contribution in [2.75, 3.05) is 13.2 Å². The lowest BCUT2D eigenvalue weighted by Crippen LogP contribution is -2.30. The molecular weight excluding hydrogens is 973 g/mol. The van der Waals surface area contributed by atoms with Crippen LogP contribution in [0, 0.1) is 0 Å². The summed E-state index contributed by atoms with van der Waals surface area (Å²) in [6, 6.07) is 0. The van der Waals surface area contributed by atoms with Crippen molar-refractivity contribution >= 4 is 17.9 Å². The quantitative estimate of drug-likeness (QED) is 0.0261. The van der Waals surface area contributed by atoms with Gasteiger partial charge in [0.1, 0.15) is 13.2 Å². The highest BCUT2D eigenvalue weighted by atomic mass is 16.6. The molecule has 0 amide bonds. The molecule has 0 aliphatic heterocycles. The lowest BCUT2D eigenvalue weighted by molar-refractivity contribution is -0.167. The SMILES string of the molecule is CCCCC/C=C\C/C=C\C/C=C\CCCCCCCCC(=O)OCC(COC(=O)CCCCCCCCCCCCC/C=C\C/C=C\CCCCCCC)OC(=O)CCCCCCCC/C=C\C/C=C\C/C=C\CCCCC. The molecule has 0 saturated heterocycles. The van der Waals surface area contributed by atoms with E-state index >= 15 is 0 Å². The second-order valence-electron chi connectivity index (χ2n) is 22.4. The van der Waals surface area contributed by atoms with Gasteiger partial charge in [-0.05, 0) is 128 Å². The Labute approximate surface area is 489 Å². The van der Waals surface area contributed by atoms with E-state index in [0.717, 1.165) is 109 Å². The molecule has 0 saturated carbocycles. The van der Waals surface area contributed by atoms with Crippen molar-refractivity contribution in [3.63, 3.8) is 0 Å². The van der Waals surface area contributed by atoms with Crippen LogP contribution in [0.25, 0.3) is 0 Å². The topological polar surface area (TPSA) is 78.9 Å². The molecule has 0 aliphatic rings. The molecule has 79 heavy (non-hydrogen) atoms. The largest absolute Gasteiger partial charge is 0.462 e. The second kappa shape index (κ2) is 66.8. The average Bonchev–Trinajstić information content (AvgIpc) is 3.45. The Kier molecular flexibility index (Phi) is 63.7.